The van der Waals surface area contributed by atoms with Crippen LogP contribution in [0.2, 0.25) is 0 Å². The highest BCUT2D eigenvalue weighted by molar-refractivity contribution is 5.80. The quantitative estimate of drug-likeness (QED) is 0.706. The number of rotatable bonds is 7. The summed E-state index contributed by atoms with van der Waals surface area (Å²) in [6, 6.07) is 0.261. The lowest BCUT2D eigenvalue weighted by molar-refractivity contribution is -0.151. The van der Waals surface area contributed by atoms with Gasteiger partial charge in [-0.3, -0.25) is 10.1 Å². The third-order valence-corrected chi connectivity index (χ3v) is 3.86. The summed E-state index contributed by atoms with van der Waals surface area (Å²) in [5, 5.41) is 3.38. The van der Waals surface area contributed by atoms with Crippen LogP contribution < -0.4 is 5.32 Å². The zero-order valence-corrected chi connectivity index (χ0v) is 13.7. The maximum atomic E-state index is 12.2. The molecule has 0 aliphatic carbocycles. The van der Waals surface area contributed by atoms with Crippen molar-refractivity contribution in [3.8, 4) is 0 Å². The van der Waals surface area contributed by atoms with Crippen molar-refractivity contribution in [2.24, 2.45) is 0 Å². The third-order valence-electron chi connectivity index (χ3n) is 3.86. The van der Waals surface area contributed by atoms with Gasteiger partial charge >= 0.3 is 5.97 Å². The van der Waals surface area contributed by atoms with Crippen molar-refractivity contribution in [1.29, 1.82) is 0 Å². The standard InChI is InChI=1S/C15H31N3O2/c1-6-20-14(19)15(4,16-13(2)3)7-8-18-11-9-17(5)10-12-18/h13,16H,6-12H2,1-5H3. The molecule has 1 atom stereocenters. The maximum Gasteiger partial charge on any atom is 0.326 e. The lowest BCUT2D eigenvalue weighted by Gasteiger charge is -2.36. The molecule has 20 heavy (non-hydrogen) atoms. The van der Waals surface area contributed by atoms with Crippen molar-refractivity contribution in [2.45, 2.75) is 45.7 Å². The Morgan fingerprint density at radius 3 is 2.40 bits per heavy atom. The number of nitrogens with one attached hydrogen (secondary N) is 1. The predicted molar refractivity (Wildman–Crippen MR) is 81.9 cm³/mol. The van der Waals surface area contributed by atoms with E-state index in [1.807, 2.05) is 13.8 Å². The minimum atomic E-state index is -0.590. The largest absolute Gasteiger partial charge is 0.465 e. The first kappa shape index (κ1) is 17.4. The molecule has 1 saturated heterocycles. The number of esters is 1. The van der Waals surface area contributed by atoms with Crippen molar-refractivity contribution in [1.82, 2.24) is 15.1 Å². The second-order valence-corrected chi connectivity index (χ2v) is 6.25. The van der Waals surface area contributed by atoms with Crippen molar-refractivity contribution in [3.63, 3.8) is 0 Å². The number of carbonyl (C=O) groups is 1. The van der Waals surface area contributed by atoms with Crippen LogP contribution in [0.15, 0.2) is 0 Å². The van der Waals surface area contributed by atoms with Crippen LogP contribution in [0.4, 0.5) is 0 Å². The summed E-state index contributed by atoms with van der Waals surface area (Å²) in [5.41, 5.74) is -0.590. The molecule has 0 aromatic rings. The Morgan fingerprint density at radius 1 is 1.30 bits per heavy atom. The van der Waals surface area contributed by atoms with E-state index in [0.717, 1.165) is 39.1 Å². The normalized spacial score (nSPS) is 20.9. The molecular weight excluding hydrogens is 254 g/mol. The zero-order chi connectivity index (χ0) is 15.2. The van der Waals surface area contributed by atoms with Crippen LogP contribution in [0.25, 0.3) is 0 Å². The second kappa shape index (κ2) is 7.96. The van der Waals surface area contributed by atoms with Crippen LogP contribution >= 0.6 is 0 Å². The average Bonchev–Trinajstić information content (AvgIpc) is 2.37. The van der Waals surface area contributed by atoms with Crippen LogP contribution in [0, 0.1) is 0 Å². The number of piperazine rings is 1. The molecule has 1 unspecified atom stereocenters. The monoisotopic (exact) mass is 285 g/mol. The fourth-order valence-corrected chi connectivity index (χ4v) is 2.61. The van der Waals surface area contributed by atoms with Gasteiger partial charge in [-0.25, -0.2) is 0 Å². The van der Waals surface area contributed by atoms with Crippen LogP contribution in [-0.4, -0.2) is 73.7 Å². The molecule has 1 heterocycles. The summed E-state index contributed by atoms with van der Waals surface area (Å²) in [6.07, 6.45) is 0.785. The molecule has 0 amide bonds. The van der Waals surface area contributed by atoms with Gasteiger partial charge in [-0.05, 0) is 41.2 Å². The molecule has 0 aromatic carbocycles. The van der Waals surface area contributed by atoms with E-state index in [1.165, 1.54) is 0 Å². The van der Waals surface area contributed by atoms with E-state index in [2.05, 4.69) is 36.0 Å². The summed E-state index contributed by atoms with van der Waals surface area (Å²) < 4.78 is 5.24. The molecule has 118 valence electrons. The number of hydrogen-bond donors (Lipinski definition) is 1. The first-order valence-corrected chi connectivity index (χ1v) is 7.73. The van der Waals surface area contributed by atoms with Crippen molar-refractivity contribution in [3.05, 3.63) is 0 Å². The third kappa shape index (κ3) is 5.38. The van der Waals surface area contributed by atoms with E-state index in [0.29, 0.717) is 6.61 Å². The molecule has 0 radical (unpaired) electrons. The molecule has 1 fully saturated rings. The molecule has 0 saturated carbocycles. The molecule has 1 aliphatic heterocycles. The van der Waals surface area contributed by atoms with Crippen LogP contribution in [0.5, 0.6) is 0 Å². The minimum Gasteiger partial charge on any atom is -0.465 e. The first-order valence-electron chi connectivity index (χ1n) is 7.73. The fourth-order valence-electron chi connectivity index (χ4n) is 2.61. The van der Waals surface area contributed by atoms with Gasteiger partial charge < -0.3 is 14.5 Å². The highest BCUT2D eigenvalue weighted by atomic mass is 16.5. The smallest absolute Gasteiger partial charge is 0.326 e. The fraction of sp³-hybridized carbons (Fsp3) is 0.933. The van der Waals surface area contributed by atoms with Gasteiger partial charge in [0.25, 0.3) is 0 Å². The molecule has 0 spiro atoms. The highest BCUT2D eigenvalue weighted by Gasteiger charge is 2.35. The molecular formula is C15H31N3O2. The number of hydrogen-bond acceptors (Lipinski definition) is 5. The van der Waals surface area contributed by atoms with Gasteiger partial charge in [0.2, 0.25) is 0 Å². The Labute approximate surface area is 123 Å². The average molecular weight is 285 g/mol. The topological polar surface area (TPSA) is 44.8 Å². The predicted octanol–water partition coefficient (Wildman–Crippen LogP) is 0.944. The molecule has 0 aromatic heterocycles. The number of ether oxygens (including phenoxy) is 1. The summed E-state index contributed by atoms with van der Waals surface area (Å²) in [7, 11) is 2.15. The number of nitrogens with zero attached hydrogens (tertiary/aromatic N) is 2. The van der Waals surface area contributed by atoms with Gasteiger partial charge in [-0.2, -0.15) is 0 Å². The molecule has 1 N–H and O–H groups in total. The van der Waals surface area contributed by atoms with Crippen LogP contribution in [0.1, 0.15) is 34.1 Å². The summed E-state index contributed by atoms with van der Waals surface area (Å²) in [4.78, 5) is 17.0. The Balaban J connectivity index is 2.53. The SMILES string of the molecule is CCOC(=O)C(C)(CCN1CCN(C)CC1)NC(C)C. The molecule has 0 bridgehead atoms. The summed E-state index contributed by atoms with van der Waals surface area (Å²) >= 11 is 0. The van der Waals surface area contributed by atoms with Gasteiger partial charge in [0.05, 0.1) is 6.61 Å². The lowest BCUT2D eigenvalue weighted by Crippen LogP contribution is -2.55. The molecule has 5 heteroatoms. The van der Waals surface area contributed by atoms with Gasteiger partial charge in [0, 0.05) is 38.8 Å². The Morgan fingerprint density at radius 2 is 1.90 bits per heavy atom. The van der Waals surface area contributed by atoms with E-state index in [4.69, 9.17) is 4.74 Å². The number of carbonyl (C=O) groups excluding carboxylic acids is 1. The van der Waals surface area contributed by atoms with E-state index in [1.54, 1.807) is 0 Å². The van der Waals surface area contributed by atoms with E-state index < -0.39 is 5.54 Å². The van der Waals surface area contributed by atoms with Crippen molar-refractivity contribution >= 4 is 5.97 Å². The molecule has 1 aliphatic rings. The van der Waals surface area contributed by atoms with Gasteiger partial charge in [0.15, 0.2) is 0 Å². The van der Waals surface area contributed by atoms with Crippen molar-refractivity contribution in [2.75, 3.05) is 46.4 Å². The highest BCUT2D eigenvalue weighted by Crippen LogP contribution is 2.15. The zero-order valence-electron chi connectivity index (χ0n) is 13.7. The number of likely N-dealkylation sites (N-methyl/N-ethyl adjacent to an activating group) is 1. The van der Waals surface area contributed by atoms with Gasteiger partial charge in [0.1, 0.15) is 5.54 Å². The Bertz CT molecular complexity index is 301. The second-order valence-electron chi connectivity index (χ2n) is 6.25. The molecule has 5 nitrogen and oxygen atoms in total. The first-order chi connectivity index (χ1) is 9.37. The van der Waals surface area contributed by atoms with Crippen molar-refractivity contribution < 1.29 is 9.53 Å². The van der Waals surface area contributed by atoms with Gasteiger partial charge in [-0.15, -0.1) is 0 Å². The lowest BCUT2D eigenvalue weighted by atomic mass is 9.96. The van der Waals surface area contributed by atoms with E-state index >= 15 is 0 Å². The van der Waals surface area contributed by atoms with E-state index in [9.17, 15) is 4.79 Å². The van der Waals surface area contributed by atoms with Gasteiger partial charge in [-0.1, -0.05) is 0 Å². The maximum absolute atomic E-state index is 12.2. The van der Waals surface area contributed by atoms with Crippen LogP contribution in [0.3, 0.4) is 0 Å². The summed E-state index contributed by atoms with van der Waals surface area (Å²) in [6.45, 7) is 13.7. The van der Waals surface area contributed by atoms with Crippen LogP contribution in [-0.2, 0) is 9.53 Å². The minimum absolute atomic E-state index is 0.136. The summed E-state index contributed by atoms with van der Waals surface area (Å²) in [5.74, 6) is -0.136. The van der Waals surface area contributed by atoms with E-state index in [-0.39, 0.29) is 12.0 Å². The Kier molecular flexibility index (Phi) is 6.92. The Hall–Kier alpha value is -0.650. The molecule has 1 rings (SSSR count).